The van der Waals surface area contributed by atoms with E-state index in [0.717, 1.165) is 11.3 Å². The predicted octanol–water partition coefficient (Wildman–Crippen LogP) is 2.32. The van der Waals surface area contributed by atoms with Gasteiger partial charge in [0.25, 0.3) is 0 Å². The quantitative estimate of drug-likeness (QED) is 0.698. The van der Waals surface area contributed by atoms with Crippen molar-refractivity contribution in [2.45, 2.75) is 33.1 Å². The summed E-state index contributed by atoms with van der Waals surface area (Å²) in [5.41, 5.74) is 1.86. The highest BCUT2D eigenvalue weighted by Gasteiger charge is 2.24. The summed E-state index contributed by atoms with van der Waals surface area (Å²) in [4.78, 5) is 13.9. The number of carboxylic acids is 1. The Balaban J connectivity index is 3.31. The standard InChI is InChI=1S/C10H15NO2/c1-6-8(9(12)13)7(5-11-6)10(2,3)4/h5,11H,1-4H3,(H,12,13). The first-order valence-electron chi connectivity index (χ1n) is 4.26. The zero-order chi connectivity index (χ0) is 10.2. The lowest BCUT2D eigenvalue weighted by Crippen LogP contribution is -2.15. The molecule has 1 rings (SSSR count). The van der Waals surface area contributed by atoms with Crippen molar-refractivity contribution in [1.82, 2.24) is 4.98 Å². The van der Waals surface area contributed by atoms with Gasteiger partial charge in [0.15, 0.2) is 0 Å². The molecule has 0 aromatic carbocycles. The second-order valence-corrected chi connectivity index (χ2v) is 4.26. The summed E-state index contributed by atoms with van der Waals surface area (Å²) < 4.78 is 0. The van der Waals surface area contributed by atoms with Crippen LogP contribution in [0.15, 0.2) is 6.20 Å². The number of carboxylic acid groups (broad SMARTS) is 1. The maximum atomic E-state index is 10.9. The molecule has 0 spiro atoms. The molecule has 0 fully saturated rings. The number of rotatable bonds is 1. The van der Waals surface area contributed by atoms with E-state index < -0.39 is 5.97 Å². The van der Waals surface area contributed by atoms with Crippen molar-refractivity contribution in [2.24, 2.45) is 0 Å². The van der Waals surface area contributed by atoms with Gasteiger partial charge in [-0.3, -0.25) is 0 Å². The Morgan fingerprint density at radius 1 is 1.46 bits per heavy atom. The maximum Gasteiger partial charge on any atom is 0.337 e. The average Bonchev–Trinajstić information content (AvgIpc) is 2.28. The first kappa shape index (κ1) is 9.84. The number of hydrogen-bond acceptors (Lipinski definition) is 1. The lowest BCUT2D eigenvalue weighted by Gasteiger charge is -2.17. The van der Waals surface area contributed by atoms with Crippen LogP contribution in [-0.4, -0.2) is 16.1 Å². The van der Waals surface area contributed by atoms with E-state index in [1.807, 2.05) is 20.8 Å². The molecule has 0 unspecified atom stereocenters. The van der Waals surface area contributed by atoms with Crippen LogP contribution in [0.2, 0.25) is 0 Å². The molecule has 2 N–H and O–H groups in total. The molecule has 1 aromatic heterocycles. The van der Waals surface area contributed by atoms with Gasteiger partial charge >= 0.3 is 5.97 Å². The van der Waals surface area contributed by atoms with Gasteiger partial charge in [-0.15, -0.1) is 0 Å². The van der Waals surface area contributed by atoms with Crippen molar-refractivity contribution < 1.29 is 9.90 Å². The van der Waals surface area contributed by atoms with Gasteiger partial charge in [0, 0.05) is 11.9 Å². The first-order chi connectivity index (χ1) is 5.84. The molecule has 1 heterocycles. The van der Waals surface area contributed by atoms with E-state index in [0.29, 0.717) is 5.56 Å². The number of nitrogens with one attached hydrogen (secondary N) is 1. The summed E-state index contributed by atoms with van der Waals surface area (Å²) in [6.07, 6.45) is 1.78. The summed E-state index contributed by atoms with van der Waals surface area (Å²) in [7, 11) is 0. The van der Waals surface area contributed by atoms with Crippen LogP contribution < -0.4 is 0 Å². The van der Waals surface area contributed by atoms with Crippen LogP contribution >= 0.6 is 0 Å². The number of aromatic amines is 1. The Labute approximate surface area is 77.8 Å². The van der Waals surface area contributed by atoms with Crippen molar-refractivity contribution in [2.75, 3.05) is 0 Å². The molecular formula is C10H15NO2. The fourth-order valence-corrected chi connectivity index (χ4v) is 1.39. The fraction of sp³-hybridized carbons (Fsp3) is 0.500. The summed E-state index contributed by atoms with van der Waals surface area (Å²) >= 11 is 0. The highest BCUT2D eigenvalue weighted by atomic mass is 16.4. The molecule has 0 aliphatic rings. The number of aromatic nitrogens is 1. The summed E-state index contributed by atoms with van der Waals surface area (Å²) in [6.45, 7) is 7.78. The smallest absolute Gasteiger partial charge is 0.337 e. The van der Waals surface area contributed by atoms with E-state index in [4.69, 9.17) is 5.11 Å². The van der Waals surface area contributed by atoms with Crippen molar-refractivity contribution in [3.8, 4) is 0 Å². The molecule has 1 aromatic rings. The van der Waals surface area contributed by atoms with E-state index >= 15 is 0 Å². The van der Waals surface area contributed by atoms with E-state index in [9.17, 15) is 4.79 Å². The molecule has 0 saturated carbocycles. The van der Waals surface area contributed by atoms with Gasteiger partial charge in [0.05, 0.1) is 5.56 Å². The van der Waals surface area contributed by atoms with Crippen LogP contribution in [0.4, 0.5) is 0 Å². The molecule has 0 bridgehead atoms. The number of aryl methyl sites for hydroxylation is 1. The van der Waals surface area contributed by atoms with Gasteiger partial charge in [-0.05, 0) is 17.9 Å². The van der Waals surface area contributed by atoms with Crippen LogP contribution in [0.25, 0.3) is 0 Å². The molecule has 3 heteroatoms. The van der Waals surface area contributed by atoms with Gasteiger partial charge in [0.2, 0.25) is 0 Å². The van der Waals surface area contributed by atoms with Crippen LogP contribution in [0.5, 0.6) is 0 Å². The van der Waals surface area contributed by atoms with Crippen molar-refractivity contribution in [3.63, 3.8) is 0 Å². The molecule has 3 nitrogen and oxygen atoms in total. The summed E-state index contributed by atoms with van der Waals surface area (Å²) in [5.74, 6) is -0.858. The van der Waals surface area contributed by atoms with Crippen molar-refractivity contribution in [1.29, 1.82) is 0 Å². The van der Waals surface area contributed by atoms with Crippen LogP contribution in [0.3, 0.4) is 0 Å². The summed E-state index contributed by atoms with van der Waals surface area (Å²) in [5, 5.41) is 8.98. The van der Waals surface area contributed by atoms with Crippen LogP contribution in [0.1, 0.15) is 42.4 Å². The minimum atomic E-state index is -0.858. The topological polar surface area (TPSA) is 53.1 Å². The largest absolute Gasteiger partial charge is 0.478 e. The molecule has 0 radical (unpaired) electrons. The third kappa shape index (κ3) is 1.74. The molecule has 72 valence electrons. The Morgan fingerprint density at radius 2 is 2.00 bits per heavy atom. The minimum Gasteiger partial charge on any atom is -0.478 e. The number of aromatic carboxylic acids is 1. The van der Waals surface area contributed by atoms with Crippen LogP contribution in [0, 0.1) is 6.92 Å². The Hall–Kier alpha value is -1.25. The Kier molecular flexibility index (Phi) is 2.20. The van der Waals surface area contributed by atoms with Gasteiger partial charge in [-0.25, -0.2) is 4.79 Å². The first-order valence-corrected chi connectivity index (χ1v) is 4.26. The molecule has 0 atom stereocenters. The van der Waals surface area contributed by atoms with E-state index in [1.165, 1.54) is 0 Å². The fourth-order valence-electron chi connectivity index (χ4n) is 1.39. The van der Waals surface area contributed by atoms with E-state index in [-0.39, 0.29) is 5.41 Å². The third-order valence-electron chi connectivity index (χ3n) is 2.10. The number of H-pyrrole nitrogens is 1. The maximum absolute atomic E-state index is 10.9. The number of carbonyl (C=O) groups is 1. The van der Waals surface area contributed by atoms with Crippen LogP contribution in [-0.2, 0) is 5.41 Å². The lowest BCUT2D eigenvalue weighted by atomic mass is 9.86. The molecule has 0 saturated heterocycles. The average molecular weight is 181 g/mol. The number of hydrogen-bond donors (Lipinski definition) is 2. The van der Waals surface area contributed by atoms with Crippen molar-refractivity contribution in [3.05, 3.63) is 23.0 Å². The van der Waals surface area contributed by atoms with Gasteiger partial charge in [0.1, 0.15) is 0 Å². The molecule has 0 amide bonds. The normalized spacial score (nSPS) is 11.7. The zero-order valence-corrected chi connectivity index (χ0v) is 8.43. The molecule has 13 heavy (non-hydrogen) atoms. The summed E-state index contributed by atoms with van der Waals surface area (Å²) in [6, 6.07) is 0. The molecular weight excluding hydrogens is 166 g/mol. The second-order valence-electron chi connectivity index (χ2n) is 4.26. The Morgan fingerprint density at radius 3 is 2.31 bits per heavy atom. The van der Waals surface area contributed by atoms with Gasteiger partial charge in [-0.2, -0.15) is 0 Å². The SMILES string of the molecule is Cc1[nH]cc(C(C)(C)C)c1C(=O)O. The third-order valence-corrected chi connectivity index (χ3v) is 2.10. The zero-order valence-electron chi connectivity index (χ0n) is 8.43. The van der Waals surface area contributed by atoms with E-state index in [1.54, 1.807) is 13.1 Å². The predicted molar refractivity (Wildman–Crippen MR) is 51.2 cm³/mol. The second kappa shape index (κ2) is 2.91. The van der Waals surface area contributed by atoms with Crippen molar-refractivity contribution >= 4 is 5.97 Å². The van der Waals surface area contributed by atoms with Gasteiger partial charge < -0.3 is 10.1 Å². The Bertz CT molecular complexity index is 331. The van der Waals surface area contributed by atoms with Gasteiger partial charge in [-0.1, -0.05) is 20.8 Å². The van der Waals surface area contributed by atoms with E-state index in [2.05, 4.69) is 4.98 Å². The monoisotopic (exact) mass is 181 g/mol. The molecule has 0 aliphatic heterocycles. The highest BCUT2D eigenvalue weighted by molar-refractivity contribution is 5.91. The lowest BCUT2D eigenvalue weighted by molar-refractivity contribution is 0.0694. The molecule has 0 aliphatic carbocycles. The highest BCUT2D eigenvalue weighted by Crippen LogP contribution is 2.27. The minimum absolute atomic E-state index is 0.127.